The third kappa shape index (κ3) is 2.14. The van der Waals surface area contributed by atoms with Gasteiger partial charge in [-0.25, -0.2) is 0 Å². The van der Waals surface area contributed by atoms with E-state index < -0.39 is 0 Å². The van der Waals surface area contributed by atoms with Crippen molar-refractivity contribution in [3.05, 3.63) is 16.7 Å². The van der Waals surface area contributed by atoms with Crippen LogP contribution in [0.3, 0.4) is 0 Å². The molecule has 0 fully saturated rings. The molecule has 0 aromatic heterocycles. The van der Waals surface area contributed by atoms with E-state index in [0.29, 0.717) is 27.8 Å². The number of methoxy groups -OCH3 is 3. The fourth-order valence-electron chi connectivity index (χ4n) is 1.30. The number of rotatable bonds is 4. The smallest absolute Gasteiger partial charge is 0.153 e. The van der Waals surface area contributed by atoms with Crippen LogP contribution in [0.25, 0.3) is 0 Å². The highest BCUT2D eigenvalue weighted by atomic mass is 35.5. The van der Waals surface area contributed by atoms with Gasteiger partial charge in [0, 0.05) is 6.07 Å². The number of hydrogen-bond acceptors (Lipinski definition) is 5. The van der Waals surface area contributed by atoms with E-state index in [9.17, 15) is 0 Å². The van der Waals surface area contributed by atoms with Gasteiger partial charge in [-0.2, -0.15) is 0 Å². The molecule has 0 amide bonds. The van der Waals surface area contributed by atoms with Crippen LogP contribution in [-0.4, -0.2) is 32.8 Å². The predicted molar refractivity (Wildman–Crippen MR) is 60.5 cm³/mol. The molecule has 0 spiro atoms. The summed E-state index contributed by atoms with van der Waals surface area (Å²) in [5.74, 6) is 1.19. The Balaban J connectivity index is 3.50. The van der Waals surface area contributed by atoms with Crippen molar-refractivity contribution in [1.29, 1.82) is 0 Å². The summed E-state index contributed by atoms with van der Waals surface area (Å²) in [6, 6.07) is 1.59. The van der Waals surface area contributed by atoms with Crippen molar-refractivity contribution >= 4 is 17.8 Å². The van der Waals surface area contributed by atoms with Crippen molar-refractivity contribution in [1.82, 2.24) is 0 Å². The quantitative estimate of drug-likeness (QED) is 0.502. The highest BCUT2D eigenvalue weighted by Gasteiger charge is 2.17. The first-order valence-corrected chi connectivity index (χ1v) is 4.73. The molecule has 0 saturated carbocycles. The Morgan fingerprint density at radius 1 is 1.19 bits per heavy atom. The van der Waals surface area contributed by atoms with Gasteiger partial charge in [-0.15, -0.1) is 0 Å². The number of hydrogen-bond donors (Lipinski definition) is 1. The Kier molecular flexibility index (Phi) is 4.25. The van der Waals surface area contributed by atoms with Gasteiger partial charge in [-0.05, 0) is 0 Å². The molecule has 0 aliphatic rings. The summed E-state index contributed by atoms with van der Waals surface area (Å²) in [6.07, 6.45) is 1.18. The zero-order valence-corrected chi connectivity index (χ0v) is 9.91. The van der Waals surface area contributed by atoms with Crippen molar-refractivity contribution in [2.75, 3.05) is 21.3 Å². The van der Waals surface area contributed by atoms with Crippen LogP contribution in [0.2, 0.25) is 5.02 Å². The number of benzene rings is 1. The fourth-order valence-corrected chi connectivity index (χ4v) is 1.61. The summed E-state index contributed by atoms with van der Waals surface area (Å²) in [5.41, 5.74) is 0.443. The molecule has 1 aromatic rings. The zero-order chi connectivity index (χ0) is 12.1. The molecule has 6 heteroatoms. The van der Waals surface area contributed by atoms with Gasteiger partial charge in [0.05, 0.1) is 33.1 Å². The van der Waals surface area contributed by atoms with Gasteiger partial charge in [-0.3, -0.25) is 0 Å². The molecule has 5 nitrogen and oxygen atoms in total. The first-order chi connectivity index (χ1) is 7.69. The highest BCUT2D eigenvalue weighted by Crippen LogP contribution is 2.41. The summed E-state index contributed by atoms with van der Waals surface area (Å²) >= 11 is 6.03. The van der Waals surface area contributed by atoms with Crippen molar-refractivity contribution in [3.63, 3.8) is 0 Å². The lowest BCUT2D eigenvalue weighted by molar-refractivity contribution is 0.321. The lowest BCUT2D eigenvalue weighted by atomic mass is 10.1. The molecule has 16 heavy (non-hydrogen) atoms. The van der Waals surface area contributed by atoms with E-state index in [1.807, 2.05) is 0 Å². The molecule has 1 rings (SSSR count). The molecule has 0 radical (unpaired) electrons. The molecule has 0 aliphatic heterocycles. The molecule has 1 N–H and O–H groups in total. The normalized spacial score (nSPS) is 10.5. The molecule has 0 bridgehead atoms. The van der Waals surface area contributed by atoms with Crippen LogP contribution in [0.1, 0.15) is 5.56 Å². The summed E-state index contributed by atoms with van der Waals surface area (Å²) in [4.78, 5) is 0. The summed E-state index contributed by atoms with van der Waals surface area (Å²) in [7, 11) is 4.42. The van der Waals surface area contributed by atoms with Gasteiger partial charge in [0.25, 0.3) is 0 Å². The Hall–Kier alpha value is -1.62. The van der Waals surface area contributed by atoms with Gasteiger partial charge in [0.15, 0.2) is 5.75 Å². The zero-order valence-electron chi connectivity index (χ0n) is 9.15. The largest absolute Gasteiger partial charge is 0.496 e. The van der Waals surface area contributed by atoms with Crippen LogP contribution in [0, 0.1) is 0 Å². The highest BCUT2D eigenvalue weighted by molar-refractivity contribution is 6.34. The summed E-state index contributed by atoms with van der Waals surface area (Å²) in [5, 5.41) is 11.8. The predicted octanol–water partition coefficient (Wildman–Crippen LogP) is 2.17. The molecule has 1 aromatic carbocycles. The Labute approximate surface area is 98.2 Å². The van der Waals surface area contributed by atoms with Crippen LogP contribution in [0.4, 0.5) is 0 Å². The van der Waals surface area contributed by atoms with Crippen LogP contribution >= 0.6 is 11.6 Å². The van der Waals surface area contributed by atoms with Gasteiger partial charge in [0.2, 0.25) is 0 Å². The van der Waals surface area contributed by atoms with Crippen molar-refractivity contribution in [3.8, 4) is 17.2 Å². The minimum absolute atomic E-state index is 0.292. The average Bonchev–Trinajstić information content (AvgIpc) is 2.30. The number of ether oxygens (including phenoxy) is 3. The van der Waals surface area contributed by atoms with E-state index in [4.69, 9.17) is 31.0 Å². The maximum Gasteiger partial charge on any atom is 0.153 e. The summed E-state index contributed by atoms with van der Waals surface area (Å²) in [6.45, 7) is 0. The number of nitrogens with zero attached hydrogens (tertiary/aromatic N) is 1. The standard InChI is InChI=1S/C10H12ClNO4/c1-14-7-4-8(15-2)9(11)10(16-3)6(7)5-12-13/h4-5,13H,1-3H3/b12-5-. The lowest BCUT2D eigenvalue weighted by Crippen LogP contribution is -1.99. The third-order valence-electron chi connectivity index (χ3n) is 2.02. The molecule has 88 valence electrons. The minimum Gasteiger partial charge on any atom is -0.496 e. The number of halogens is 1. The second-order valence-corrected chi connectivity index (χ2v) is 3.16. The second-order valence-electron chi connectivity index (χ2n) is 2.79. The number of oxime groups is 1. The Bertz CT molecular complexity index is 406. The van der Waals surface area contributed by atoms with Crippen LogP contribution < -0.4 is 14.2 Å². The average molecular weight is 246 g/mol. The van der Waals surface area contributed by atoms with E-state index in [2.05, 4.69) is 5.16 Å². The monoisotopic (exact) mass is 245 g/mol. The molecule has 0 heterocycles. The molecular formula is C10H12ClNO4. The topological polar surface area (TPSA) is 60.3 Å². The first kappa shape index (κ1) is 12.4. The molecule has 0 aliphatic carbocycles. The minimum atomic E-state index is 0.292. The fraction of sp³-hybridized carbons (Fsp3) is 0.300. The molecule has 0 unspecified atom stereocenters. The van der Waals surface area contributed by atoms with Crippen LogP contribution in [-0.2, 0) is 0 Å². The van der Waals surface area contributed by atoms with E-state index in [1.54, 1.807) is 6.07 Å². The second kappa shape index (κ2) is 5.46. The third-order valence-corrected chi connectivity index (χ3v) is 2.38. The Morgan fingerprint density at radius 2 is 1.81 bits per heavy atom. The van der Waals surface area contributed by atoms with E-state index in [0.717, 1.165) is 0 Å². The van der Waals surface area contributed by atoms with Gasteiger partial charge < -0.3 is 19.4 Å². The van der Waals surface area contributed by atoms with Gasteiger partial charge in [-0.1, -0.05) is 16.8 Å². The van der Waals surface area contributed by atoms with Gasteiger partial charge >= 0.3 is 0 Å². The van der Waals surface area contributed by atoms with E-state index in [-0.39, 0.29) is 0 Å². The Morgan fingerprint density at radius 3 is 2.25 bits per heavy atom. The van der Waals surface area contributed by atoms with Crippen molar-refractivity contribution in [2.45, 2.75) is 0 Å². The van der Waals surface area contributed by atoms with Crippen LogP contribution in [0.5, 0.6) is 17.2 Å². The van der Waals surface area contributed by atoms with Gasteiger partial charge in [0.1, 0.15) is 16.5 Å². The molecule has 0 atom stereocenters. The SMILES string of the molecule is COc1cc(OC)c(/C=N\O)c(OC)c1Cl. The lowest BCUT2D eigenvalue weighted by Gasteiger charge is -2.14. The van der Waals surface area contributed by atoms with Crippen molar-refractivity contribution < 1.29 is 19.4 Å². The van der Waals surface area contributed by atoms with Crippen LogP contribution in [0.15, 0.2) is 11.2 Å². The van der Waals surface area contributed by atoms with E-state index >= 15 is 0 Å². The molecule has 0 saturated heterocycles. The van der Waals surface area contributed by atoms with E-state index in [1.165, 1.54) is 27.5 Å². The molecular weight excluding hydrogens is 234 g/mol. The maximum atomic E-state index is 8.56. The maximum absolute atomic E-state index is 8.56. The first-order valence-electron chi connectivity index (χ1n) is 4.35. The van der Waals surface area contributed by atoms with Crippen molar-refractivity contribution in [2.24, 2.45) is 5.16 Å². The summed E-state index contributed by atoms with van der Waals surface area (Å²) < 4.78 is 15.3.